The van der Waals surface area contributed by atoms with Crippen LogP contribution in [0.25, 0.3) is 0 Å². The molecule has 0 saturated carbocycles. The van der Waals surface area contributed by atoms with Gasteiger partial charge in [-0.2, -0.15) is 0 Å². The van der Waals surface area contributed by atoms with E-state index in [1.165, 1.54) is 22.8 Å². The van der Waals surface area contributed by atoms with Gasteiger partial charge in [0.25, 0.3) is 0 Å². The number of nitrogen functional groups attached to an aromatic ring is 1. The summed E-state index contributed by atoms with van der Waals surface area (Å²) in [5.41, 5.74) is 0.877. The van der Waals surface area contributed by atoms with Crippen LogP contribution in [0.5, 0.6) is 0 Å². The Bertz CT molecular complexity index is 603. The SMILES string of the molecule is C[C@H](Sc1nncn1N)C(=O)NCc1ccccc1Cl. The van der Waals surface area contributed by atoms with Crippen molar-refractivity contribution in [2.45, 2.75) is 23.9 Å². The molecule has 8 heteroatoms. The summed E-state index contributed by atoms with van der Waals surface area (Å²) in [5.74, 6) is 5.48. The second kappa shape index (κ2) is 6.62. The van der Waals surface area contributed by atoms with Crippen LogP contribution in [0.3, 0.4) is 0 Å². The lowest BCUT2D eigenvalue weighted by molar-refractivity contribution is -0.120. The largest absolute Gasteiger partial charge is 0.351 e. The summed E-state index contributed by atoms with van der Waals surface area (Å²) >= 11 is 7.27. The number of benzene rings is 1. The lowest BCUT2D eigenvalue weighted by Gasteiger charge is -2.11. The summed E-state index contributed by atoms with van der Waals surface area (Å²) in [6.45, 7) is 2.17. The number of halogens is 1. The fourth-order valence-electron chi connectivity index (χ4n) is 1.50. The molecule has 3 N–H and O–H groups in total. The predicted octanol–water partition coefficient (Wildman–Crippen LogP) is 1.44. The van der Waals surface area contributed by atoms with E-state index in [2.05, 4.69) is 15.5 Å². The molecule has 0 aliphatic heterocycles. The smallest absolute Gasteiger partial charge is 0.233 e. The molecule has 1 amide bonds. The van der Waals surface area contributed by atoms with Crippen molar-refractivity contribution in [2.75, 3.05) is 5.84 Å². The molecule has 6 nitrogen and oxygen atoms in total. The number of thioether (sulfide) groups is 1. The zero-order valence-electron chi connectivity index (χ0n) is 10.8. The van der Waals surface area contributed by atoms with Gasteiger partial charge in [-0.15, -0.1) is 10.2 Å². The molecule has 0 spiro atoms. The van der Waals surface area contributed by atoms with Crippen molar-refractivity contribution < 1.29 is 4.79 Å². The molecule has 0 fully saturated rings. The lowest BCUT2D eigenvalue weighted by Crippen LogP contribution is -2.30. The highest BCUT2D eigenvalue weighted by atomic mass is 35.5. The van der Waals surface area contributed by atoms with Crippen molar-refractivity contribution in [1.29, 1.82) is 0 Å². The number of carbonyl (C=O) groups is 1. The van der Waals surface area contributed by atoms with Gasteiger partial charge in [0.2, 0.25) is 11.1 Å². The molecule has 0 saturated heterocycles. The Hall–Kier alpha value is -1.73. The number of amides is 1. The van der Waals surface area contributed by atoms with E-state index in [0.29, 0.717) is 16.7 Å². The first-order chi connectivity index (χ1) is 9.58. The summed E-state index contributed by atoms with van der Waals surface area (Å²) in [5, 5.41) is 11.1. The minimum absolute atomic E-state index is 0.113. The number of nitrogens with one attached hydrogen (secondary N) is 1. The first-order valence-corrected chi connectivity index (χ1v) is 7.16. The molecule has 0 aliphatic rings. The van der Waals surface area contributed by atoms with E-state index in [9.17, 15) is 4.79 Å². The van der Waals surface area contributed by atoms with Crippen molar-refractivity contribution in [2.24, 2.45) is 0 Å². The molecule has 0 aliphatic carbocycles. The van der Waals surface area contributed by atoms with E-state index in [1.807, 2.05) is 18.2 Å². The number of hydrogen-bond acceptors (Lipinski definition) is 5. The Morgan fingerprint density at radius 3 is 2.95 bits per heavy atom. The summed E-state index contributed by atoms with van der Waals surface area (Å²) in [7, 11) is 0. The van der Waals surface area contributed by atoms with Crippen molar-refractivity contribution in [3.63, 3.8) is 0 Å². The number of nitrogens with two attached hydrogens (primary N) is 1. The number of hydrogen-bond donors (Lipinski definition) is 2. The third kappa shape index (κ3) is 3.64. The molecule has 1 atom stereocenters. The molecule has 2 aromatic rings. The fourth-order valence-corrected chi connectivity index (χ4v) is 2.47. The van der Waals surface area contributed by atoms with Crippen molar-refractivity contribution >= 4 is 29.3 Å². The van der Waals surface area contributed by atoms with E-state index in [-0.39, 0.29) is 11.2 Å². The number of carbonyl (C=O) groups excluding carboxylic acids is 1. The van der Waals surface area contributed by atoms with E-state index < -0.39 is 0 Å². The topological polar surface area (TPSA) is 85.8 Å². The third-order valence-corrected chi connectivity index (χ3v) is 4.04. The van der Waals surface area contributed by atoms with Gasteiger partial charge in [0.1, 0.15) is 6.33 Å². The van der Waals surface area contributed by atoms with Crippen LogP contribution < -0.4 is 11.2 Å². The number of rotatable bonds is 5. The highest BCUT2D eigenvalue weighted by Gasteiger charge is 2.17. The Morgan fingerprint density at radius 1 is 1.55 bits per heavy atom. The van der Waals surface area contributed by atoms with E-state index in [4.69, 9.17) is 17.4 Å². The Labute approximate surface area is 125 Å². The predicted molar refractivity (Wildman–Crippen MR) is 78.8 cm³/mol. The van der Waals surface area contributed by atoms with E-state index in [1.54, 1.807) is 13.0 Å². The molecule has 1 aromatic heterocycles. The highest BCUT2D eigenvalue weighted by molar-refractivity contribution is 8.00. The van der Waals surface area contributed by atoms with Crippen LogP contribution in [0.2, 0.25) is 5.02 Å². The van der Waals surface area contributed by atoms with Gasteiger partial charge in [0.05, 0.1) is 5.25 Å². The normalized spacial score (nSPS) is 12.1. The van der Waals surface area contributed by atoms with Gasteiger partial charge in [0, 0.05) is 11.6 Å². The van der Waals surface area contributed by atoms with Gasteiger partial charge in [-0.05, 0) is 18.6 Å². The monoisotopic (exact) mass is 311 g/mol. The Kier molecular flexibility index (Phi) is 4.86. The van der Waals surface area contributed by atoms with Gasteiger partial charge < -0.3 is 11.2 Å². The minimum atomic E-state index is -0.330. The van der Waals surface area contributed by atoms with Crippen LogP contribution in [-0.2, 0) is 11.3 Å². The standard InChI is InChI=1S/C12H14ClN5OS/c1-8(20-12-17-16-7-18(12)14)11(19)15-6-9-4-2-3-5-10(9)13/h2-5,7-8H,6,14H2,1H3,(H,15,19)/t8-/m0/s1. The average Bonchev–Trinajstić information content (AvgIpc) is 2.83. The second-order valence-electron chi connectivity index (χ2n) is 4.09. The van der Waals surface area contributed by atoms with Crippen molar-refractivity contribution in [1.82, 2.24) is 20.2 Å². The maximum atomic E-state index is 12.0. The zero-order chi connectivity index (χ0) is 14.5. The van der Waals surface area contributed by atoms with Crippen LogP contribution in [-0.4, -0.2) is 26.0 Å². The first kappa shape index (κ1) is 14.7. The zero-order valence-corrected chi connectivity index (χ0v) is 12.4. The maximum Gasteiger partial charge on any atom is 0.233 e. The van der Waals surface area contributed by atoms with Crippen LogP contribution >= 0.6 is 23.4 Å². The average molecular weight is 312 g/mol. The van der Waals surface area contributed by atoms with Crippen molar-refractivity contribution in [3.8, 4) is 0 Å². The number of aromatic nitrogens is 3. The lowest BCUT2D eigenvalue weighted by atomic mass is 10.2. The second-order valence-corrected chi connectivity index (χ2v) is 5.81. The molecule has 1 aromatic carbocycles. The molecule has 106 valence electrons. The molecular weight excluding hydrogens is 298 g/mol. The maximum absolute atomic E-state index is 12.0. The molecule has 20 heavy (non-hydrogen) atoms. The third-order valence-electron chi connectivity index (χ3n) is 2.60. The fraction of sp³-hybridized carbons (Fsp3) is 0.250. The summed E-state index contributed by atoms with van der Waals surface area (Å²) in [6.07, 6.45) is 1.39. The molecule has 0 unspecified atom stereocenters. The summed E-state index contributed by atoms with van der Waals surface area (Å²) in [6, 6.07) is 7.39. The quantitative estimate of drug-likeness (QED) is 0.644. The molecular formula is C12H14ClN5OS. The Balaban J connectivity index is 1.89. The van der Waals surface area contributed by atoms with Crippen LogP contribution in [0.15, 0.2) is 35.7 Å². The van der Waals surface area contributed by atoms with Gasteiger partial charge in [-0.3, -0.25) is 4.79 Å². The van der Waals surface area contributed by atoms with Gasteiger partial charge >= 0.3 is 0 Å². The Morgan fingerprint density at radius 2 is 2.30 bits per heavy atom. The summed E-state index contributed by atoms with van der Waals surface area (Å²) < 4.78 is 1.28. The van der Waals surface area contributed by atoms with Gasteiger partial charge in [-0.25, -0.2) is 4.68 Å². The highest BCUT2D eigenvalue weighted by Crippen LogP contribution is 2.20. The van der Waals surface area contributed by atoms with E-state index >= 15 is 0 Å². The first-order valence-electron chi connectivity index (χ1n) is 5.91. The molecule has 1 heterocycles. The summed E-state index contributed by atoms with van der Waals surface area (Å²) in [4.78, 5) is 12.0. The van der Waals surface area contributed by atoms with Gasteiger partial charge in [-0.1, -0.05) is 41.6 Å². The minimum Gasteiger partial charge on any atom is -0.351 e. The van der Waals surface area contributed by atoms with E-state index in [0.717, 1.165) is 5.56 Å². The van der Waals surface area contributed by atoms with Crippen LogP contribution in [0.1, 0.15) is 12.5 Å². The van der Waals surface area contributed by atoms with Crippen LogP contribution in [0, 0.1) is 0 Å². The number of nitrogens with zero attached hydrogens (tertiary/aromatic N) is 3. The van der Waals surface area contributed by atoms with Gasteiger partial charge in [0.15, 0.2) is 0 Å². The van der Waals surface area contributed by atoms with Crippen molar-refractivity contribution in [3.05, 3.63) is 41.2 Å². The molecule has 0 bridgehead atoms. The molecule has 0 radical (unpaired) electrons. The molecule has 2 rings (SSSR count). The van der Waals surface area contributed by atoms with Crippen LogP contribution in [0.4, 0.5) is 0 Å².